The monoisotopic (exact) mass is 344 g/mol. The lowest BCUT2D eigenvalue weighted by Crippen LogP contribution is -2.21. The van der Waals surface area contributed by atoms with Crippen LogP contribution in [0.5, 0.6) is 0 Å². The number of ether oxygens (including phenoxy) is 1. The highest BCUT2D eigenvalue weighted by atomic mass is 79.9. The standard InChI is InChI=1S/C14H21BrN2OS/c1-3-10-11(15)14(19)17-13(16-10)12(18-2)9-7-5-4-6-8-9/h9,12H,3-8H2,1-2H3,(H,16,17,19). The van der Waals surface area contributed by atoms with Crippen LogP contribution in [0.15, 0.2) is 4.47 Å². The summed E-state index contributed by atoms with van der Waals surface area (Å²) < 4.78 is 7.25. The van der Waals surface area contributed by atoms with Gasteiger partial charge >= 0.3 is 0 Å². The van der Waals surface area contributed by atoms with Gasteiger partial charge in [0.15, 0.2) is 0 Å². The molecule has 5 heteroatoms. The number of hydrogen-bond donors (Lipinski definition) is 1. The van der Waals surface area contributed by atoms with Gasteiger partial charge in [-0.1, -0.05) is 38.4 Å². The zero-order valence-electron chi connectivity index (χ0n) is 11.5. The van der Waals surface area contributed by atoms with Crippen molar-refractivity contribution in [3.63, 3.8) is 0 Å². The fraction of sp³-hybridized carbons (Fsp3) is 0.714. The van der Waals surface area contributed by atoms with Crippen LogP contribution >= 0.6 is 28.1 Å². The van der Waals surface area contributed by atoms with Crippen molar-refractivity contribution in [1.82, 2.24) is 9.97 Å². The number of nitrogens with zero attached hydrogens (tertiary/aromatic N) is 1. The predicted molar refractivity (Wildman–Crippen MR) is 82.8 cm³/mol. The first-order valence-corrected chi connectivity index (χ1v) is 8.18. The largest absolute Gasteiger partial charge is 0.373 e. The van der Waals surface area contributed by atoms with Gasteiger partial charge < -0.3 is 9.72 Å². The summed E-state index contributed by atoms with van der Waals surface area (Å²) in [6, 6.07) is 0. The topological polar surface area (TPSA) is 37.9 Å². The van der Waals surface area contributed by atoms with Crippen LogP contribution in [0.3, 0.4) is 0 Å². The molecular formula is C14H21BrN2OS. The molecule has 1 unspecified atom stereocenters. The number of halogens is 1. The molecule has 2 rings (SSSR count). The van der Waals surface area contributed by atoms with Crippen molar-refractivity contribution in [2.75, 3.05) is 7.11 Å². The maximum Gasteiger partial charge on any atom is 0.144 e. The third kappa shape index (κ3) is 3.44. The van der Waals surface area contributed by atoms with E-state index in [0.717, 1.165) is 22.4 Å². The Morgan fingerprint density at radius 1 is 1.42 bits per heavy atom. The van der Waals surface area contributed by atoms with E-state index in [9.17, 15) is 0 Å². The van der Waals surface area contributed by atoms with E-state index >= 15 is 0 Å². The molecule has 0 radical (unpaired) electrons. The summed E-state index contributed by atoms with van der Waals surface area (Å²) in [5.41, 5.74) is 1.10. The Bertz CT molecular complexity index is 483. The zero-order chi connectivity index (χ0) is 13.8. The van der Waals surface area contributed by atoms with Gasteiger partial charge in [-0.25, -0.2) is 4.98 Å². The lowest BCUT2D eigenvalue weighted by molar-refractivity contribution is 0.0286. The Hall–Kier alpha value is -0.260. The minimum absolute atomic E-state index is 0.0420. The highest BCUT2D eigenvalue weighted by Gasteiger charge is 2.27. The molecular weight excluding hydrogens is 324 g/mol. The van der Waals surface area contributed by atoms with Gasteiger partial charge in [-0.2, -0.15) is 0 Å². The fourth-order valence-electron chi connectivity index (χ4n) is 2.87. The second-order valence-electron chi connectivity index (χ2n) is 5.13. The van der Waals surface area contributed by atoms with Crippen LogP contribution in [0.25, 0.3) is 0 Å². The molecule has 19 heavy (non-hydrogen) atoms. The lowest BCUT2D eigenvalue weighted by atomic mass is 9.85. The van der Waals surface area contributed by atoms with Crippen LogP contribution in [0.1, 0.15) is 56.7 Å². The molecule has 106 valence electrons. The summed E-state index contributed by atoms with van der Waals surface area (Å²) in [5, 5.41) is 0. The first-order valence-electron chi connectivity index (χ1n) is 6.98. The first kappa shape index (κ1) is 15.1. The number of rotatable bonds is 4. The van der Waals surface area contributed by atoms with E-state index in [1.54, 1.807) is 7.11 Å². The Kier molecular flexibility index (Phi) is 5.54. The highest BCUT2D eigenvalue weighted by molar-refractivity contribution is 9.10. The lowest BCUT2D eigenvalue weighted by Gasteiger charge is -2.28. The molecule has 1 atom stereocenters. The van der Waals surface area contributed by atoms with Crippen LogP contribution in [0.4, 0.5) is 0 Å². The van der Waals surface area contributed by atoms with E-state index in [0.29, 0.717) is 10.6 Å². The summed E-state index contributed by atoms with van der Waals surface area (Å²) in [4.78, 5) is 7.92. The Morgan fingerprint density at radius 2 is 2.11 bits per heavy atom. The van der Waals surface area contributed by atoms with Crippen molar-refractivity contribution in [2.24, 2.45) is 5.92 Å². The van der Waals surface area contributed by atoms with Gasteiger partial charge in [-0.15, -0.1) is 0 Å². The number of aromatic nitrogens is 2. The SMILES string of the molecule is CCc1[nH]c(C(OC)C2CCCCC2)nc(=S)c1Br. The number of aromatic amines is 1. The van der Waals surface area contributed by atoms with Gasteiger partial charge in [0.25, 0.3) is 0 Å². The average molecular weight is 345 g/mol. The molecule has 1 aromatic heterocycles. The highest BCUT2D eigenvalue weighted by Crippen LogP contribution is 2.35. The van der Waals surface area contributed by atoms with E-state index < -0.39 is 0 Å². The predicted octanol–water partition coefficient (Wildman–Crippen LogP) is 4.73. The maximum absolute atomic E-state index is 5.71. The number of aryl methyl sites for hydroxylation is 1. The number of hydrogen-bond acceptors (Lipinski definition) is 3. The van der Waals surface area contributed by atoms with Crippen LogP contribution in [0, 0.1) is 10.6 Å². The van der Waals surface area contributed by atoms with Crippen molar-refractivity contribution in [3.8, 4) is 0 Å². The fourth-order valence-corrected chi connectivity index (χ4v) is 3.56. The van der Waals surface area contributed by atoms with Crippen LogP contribution in [0.2, 0.25) is 0 Å². The Balaban J connectivity index is 2.32. The van der Waals surface area contributed by atoms with Gasteiger partial charge in [-0.05, 0) is 41.1 Å². The second-order valence-corrected chi connectivity index (χ2v) is 6.31. The van der Waals surface area contributed by atoms with Crippen LogP contribution in [-0.2, 0) is 11.2 Å². The molecule has 1 heterocycles. The first-order chi connectivity index (χ1) is 9.17. The Morgan fingerprint density at radius 3 is 2.68 bits per heavy atom. The molecule has 1 aliphatic rings. The summed E-state index contributed by atoms with van der Waals surface area (Å²) in [6.45, 7) is 2.11. The molecule has 0 spiro atoms. The van der Waals surface area contributed by atoms with Gasteiger partial charge in [-0.3, -0.25) is 0 Å². The van der Waals surface area contributed by atoms with Gasteiger partial charge in [0, 0.05) is 12.8 Å². The zero-order valence-corrected chi connectivity index (χ0v) is 13.9. The van der Waals surface area contributed by atoms with E-state index in [1.807, 2.05) is 0 Å². The summed E-state index contributed by atoms with van der Waals surface area (Å²) >= 11 is 8.83. The molecule has 1 fully saturated rings. The molecule has 1 N–H and O–H groups in total. The van der Waals surface area contributed by atoms with Crippen LogP contribution in [-0.4, -0.2) is 17.1 Å². The normalized spacial score (nSPS) is 18.5. The number of nitrogens with one attached hydrogen (secondary N) is 1. The summed E-state index contributed by atoms with van der Waals surface area (Å²) in [6.07, 6.45) is 7.32. The van der Waals surface area contributed by atoms with E-state index in [1.165, 1.54) is 32.1 Å². The van der Waals surface area contributed by atoms with Crippen molar-refractivity contribution in [3.05, 3.63) is 20.6 Å². The van der Waals surface area contributed by atoms with E-state index in [4.69, 9.17) is 17.0 Å². The molecule has 1 aromatic rings. The van der Waals surface area contributed by atoms with Crippen molar-refractivity contribution < 1.29 is 4.74 Å². The van der Waals surface area contributed by atoms with Gasteiger partial charge in [0.05, 0.1) is 4.47 Å². The molecule has 3 nitrogen and oxygen atoms in total. The second kappa shape index (κ2) is 6.95. The third-order valence-corrected chi connectivity index (χ3v) is 5.32. The molecule has 1 aliphatic carbocycles. The molecule has 1 saturated carbocycles. The molecule has 0 aliphatic heterocycles. The quantitative estimate of drug-likeness (QED) is 0.802. The molecule has 0 saturated heterocycles. The van der Waals surface area contributed by atoms with Gasteiger partial charge in [0.1, 0.15) is 16.6 Å². The maximum atomic E-state index is 5.71. The summed E-state index contributed by atoms with van der Waals surface area (Å²) in [7, 11) is 1.77. The third-order valence-electron chi connectivity index (χ3n) is 3.91. The minimum Gasteiger partial charge on any atom is -0.373 e. The number of methoxy groups -OCH3 is 1. The van der Waals surface area contributed by atoms with E-state index in [-0.39, 0.29) is 6.10 Å². The van der Waals surface area contributed by atoms with Crippen molar-refractivity contribution in [1.29, 1.82) is 0 Å². The molecule has 0 amide bonds. The minimum atomic E-state index is 0.0420. The van der Waals surface area contributed by atoms with Crippen molar-refractivity contribution >= 4 is 28.1 Å². The molecule has 0 bridgehead atoms. The molecule has 0 aromatic carbocycles. The van der Waals surface area contributed by atoms with E-state index in [2.05, 4.69) is 32.8 Å². The van der Waals surface area contributed by atoms with Crippen molar-refractivity contribution in [2.45, 2.75) is 51.6 Å². The summed E-state index contributed by atoms with van der Waals surface area (Å²) in [5.74, 6) is 1.45. The Labute approximate surface area is 128 Å². The average Bonchev–Trinajstić information content (AvgIpc) is 2.44. The number of H-pyrrole nitrogens is 1. The van der Waals surface area contributed by atoms with Gasteiger partial charge in [0.2, 0.25) is 0 Å². The van der Waals surface area contributed by atoms with Crippen LogP contribution < -0.4 is 0 Å². The smallest absolute Gasteiger partial charge is 0.144 e.